The van der Waals surface area contributed by atoms with Gasteiger partial charge in [0, 0.05) is 16.9 Å². The molecule has 1 aromatic rings. The van der Waals surface area contributed by atoms with Gasteiger partial charge in [-0.25, -0.2) is 0 Å². The first-order valence-electron chi connectivity index (χ1n) is 5.25. The first kappa shape index (κ1) is 14.1. The predicted molar refractivity (Wildman–Crippen MR) is 77.2 cm³/mol. The van der Waals surface area contributed by atoms with Crippen molar-refractivity contribution in [1.29, 1.82) is 0 Å². The van der Waals surface area contributed by atoms with Gasteiger partial charge in [0.05, 0.1) is 10.6 Å². The molecule has 0 aliphatic rings. The fraction of sp³-hybridized carbons (Fsp3) is 0.333. The Morgan fingerprint density at radius 1 is 1.59 bits per heavy atom. The van der Waals surface area contributed by atoms with Crippen LogP contribution >= 0.6 is 28.1 Å². The molecule has 0 aliphatic carbocycles. The van der Waals surface area contributed by atoms with Gasteiger partial charge < -0.3 is 11.1 Å². The molecule has 3 N–H and O–H groups in total. The van der Waals surface area contributed by atoms with Crippen LogP contribution in [0.1, 0.15) is 22.8 Å². The van der Waals surface area contributed by atoms with Crippen molar-refractivity contribution >= 4 is 39.0 Å². The van der Waals surface area contributed by atoms with Gasteiger partial charge in [-0.3, -0.25) is 4.79 Å². The molecule has 92 valence electrons. The highest BCUT2D eigenvalue weighted by atomic mass is 79.9. The molecule has 1 unspecified atom stereocenters. The average molecular weight is 315 g/mol. The number of nitrogens with two attached hydrogens (primary N) is 1. The lowest BCUT2D eigenvalue weighted by Gasteiger charge is -2.11. The van der Waals surface area contributed by atoms with Crippen molar-refractivity contribution in [3.05, 3.63) is 33.8 Å². The molecule has 0 bridgehead atoms. The minimum atomic E-state index is -0.125. The summed E-state index contributed by atoms with van der Waals surface area (Å²) in [5.41, 5.74) is 7.20. The summed E-state index contributed by atoms with van der Waals surface area (Å²) in [7, 11) is 0. The zero-order valence-electron chi connectivity index (χ0n) is 9.79. The van der Waals surface area contributed by atoms with Crippen molar-refractivity contribution < 1.29 is 4.79 Å². The van der Waals surface area contributed by atoms with Gasteiger partial charge in [-0.1, -0.05) is 25.2 Å². The summed E-state index contributed by atoms with van der Waals surface area (Å²) in [6.07, 6.45) is 0. The van der Waals surface area contributed by atoms with Gasteiger partial charge in [0.25, 0.3) is 5.91 Å². The zero-order chi connectivity index (χ0) is 13.0. The lowest BCUT2D eigenvalue weighted by Crippen LogP contribution is -2.33. The highest BCUT2D eigenvalue weighted by molar-refractivity contribution is 9.10. The lowest BCUT2D eigenvalue weighted by atomic mass is 10.1. The molecule has 0 saturated carbocycles. The Balaban J connectivity index is 2.67. The quantitative estimate of drug-likeness (QED) is 0.839. The first-order chi connectivity index (χ1) is 7.91. The van der Waals surface area contributed by atoms with E-state index in [0.29, 0.717) is 17.1 Å². The van der Waals surface area contributed by atoms with E-state index in [2.05, 4.69) is 21.2 Å². The zero-order valence-corrected chi connectivity index (χ0v) is 12.2. The van der Waals surface area contributed by atoms with Crippen LogP contribution < -0.4 is 11.1 Å². The number of hydrogen-bond acceptors (Lipinski definition) is 2. The highest BCUT2D eigenvalue weighted by Crippen LogP contribution is 2.18. The Kier molecular flexibility index (Phi) is 5.08. The molecule has 0 heterocycles. The van der Waals surface area contributed by atoms with Gasteiger partial charge in [0.15, 0.2) is 0 Å². The number of amides is 1. The van der Waals surface area contributed by atoms with Crippen LogP contribution in [0, 0.1) is 12.8 Å². The van der Waals surface area contributed by atoms with Crippen molar-refractivity contribution in [1.82, 2.24) is 5.32 Å². The molecule has 0 aromatic heterocycles. The predicted octanol–water partition coefficient (Wildman–Crippen LogP) is 2.41. The SMILES string of the molecule is Cc1ccc(C(=O)NCC(C)C(N)=S)c(Br)c1. The van der Waals surface area contributed by atoms with Gasteiger partial charge in [-0.15, -0.1) is 0 Å². The second-order valence-corrected chi connectivity index (χ2v) is 5.32. The molecular weight excluding hydrogens is 300 g/mol. The molecule has 5 heteroatoms. The Morgan fingerprint density at radius 3 is 2.76 bits per heavy atom. The minimum absolute atomic E-state index is 0.00169. The van der Waals surface area contributed by atoms with E-state index < -0.39 is 0 Å². The van der Waals surface area contributed by atoms with E-state index in [1.165, 1.54) is 0 Å². The number of nitrogens with one attached hydrogen (secondary N) is 1. The topological polar surface area (TPSA) is 55.1 Å². The van der Waals surface area contributed by atoms with E-state index in [1.54, 1.807) is 6.07 Å². The molecule has 0 fully saturated rings. The number of thiocarbonyl (C=S) groups is 1. The molecule has 0 radical (unpaired) electrons. The van der Waals surface area contributed by atoms with Crippen LogP contribution in [0.4, 0.5) is 0 Å². The third-order valence-electron chi connectivity index (χ3n) is 2.42. The van der Waals surface area contributed by atoms with Crippen molar-refractivity contribution in [2.75, 3.05) is 6.54 Å². The summed E-state index contributed by atoms with van der Waals surface area (Å²) in [6, 6.07) is 5.60. The molecule has 0 aliphatic heterocycles. The smallest absolute Gasteiger partial charge is 0.252 e. The van der Waals surface area contributed by atoms with Crippen LogP contribution in [0.2, 0.25) is 0 Å². The van der Waals surface area contributed by atoms with Gasteiger partial charge in [0.1, 0.15) is 0 Å². The van der Waals surface area contributed by atoms with E-state index in [0.717, 1.165) is 10.0 Å². The van der Waals surface area contributed by atoms with E-state index in [1.807, 2.05) is 26.0 Å². The van der Waals surface area contributed by atoms with E-state index in [-0.39, 0.29) is 11.8 Å². The van der Waals surface area contributed by atoms with Crippen LogP contribution in [-0.4, -0.2) is 17.4 Å². The van der Waals surface area contributed by atoms with Gasteiger partial charge in [-0.2, -0.15) is 0 Å². The summed E-state index contributed by atoms with van der Waals surface area (Å²) in [5.74, 6) is -0.127. The van der Waals surface area contributed by atoms with E-state index >= 15 is 0 Å². The number of rotatable bonds is 4. The third kappa shape index (κ3) is 4.09. The number of carbonyl (C=O) groups is 1. The van der Waals surface area contributed by atoms with Crippen molar-refractivity contribution in [2.45, 2.75) is 13.8 Å². The molecule has 1 aromatic carbocycles. The Bertz CT molecular complexity index is 448. The Labute approximate surface area is 115 Å². The second-order valence-electron chi connectivity index (χ2n) is 4.00. The molecule has 1 amide bonds. The van der Waals surface area contributed by atoms with Crippen LogP contribution in [0.15, 0.2) is 22.7 Å². The number of hydrogen-bond donors (Lipinski definition) is 2. The maximum atomic E-state index is 11.9. The summed E-state index contributed by atoms with van der Waals surface area (Å²) in [5, 5.41) is 2.80. The van der Waals surface area contributed by atoms with Crippen LogP contribution in [0.3, 0.4) is 0 Å². The molecule has 1 atom stereocenters. The largest absolute Gasteiger partial charge is 0.393 e. The third-order valence-corrected chi connectivity index (χ3v) is 3.48. The Morgan fingerprint density at radius 2 is 2.24 bits per heavy atom. The standard InChI is InChI=1S/C12H15BrN2OS/c1-7-3-4-9(10(13)5-7)12(16)15-6-8(2)11(14)17/h3-5,8H,6H2,1-2H3,(H2,14,17)(H,15,16). The first-order valence-corrected chi connectivity index (χ1v) is 6.45. The summed E-state index contributed by atoms with van der Waals surface area (Å²) >= 11 is 8.22. The fourth-order valence-corrected chi connectivity index (χ4v) is 2.00. The maximum Gasteiger partial charge on any atom is 0.252 e. The van der Waals surface area contributed by atoms with Crippen molar-refractivity contribution in [3.8, 4) is 0 Å². The van der Waals surface area contributed by atoms with Crippen LogP contribution in [0.5, 0.6) is 0 Å². The normalized spacial score (nSPS) is 11.9. The van der Waals surface area contributed by atoms with Gasteiger partial charge in [0.2, 0.25) is 0 Å². The van der Waals surface area contributed by atoms with Gasteiger partial charge in [-0.05, 0) is 40.5 Å². The van der Waals surface area contributed by atoms with Crippen LogP contribution in [0.25, 0.3) is 0 Å². The van der Waals surface area contributed by atoms with E-state index in [4.69, 9.17) is 18.0 Å². The van der Waals surface area contributed by atoms with Gasteiger partial charge >= 0.3 is 0 Å². The second kappa shape index (κ2) is 6.12. The average Bonchev–Trinajstić information content (AvgIpc) is 2.25. The summed E-state index contributed by atoms with van der Waals surface area (Å²) < 4.78 is 0.790. The number of halogens is 1. The van der Waals surface area contributed by atoms with E-state index in [9.17, 15) is 4.79 Å². The number of aryl methyl sites for hydroxylation is 1. The fourth-order valence-electron chi connectivity index (χ4n) is 1.25. The summed E-state index contributed by atoms with van der Waals surface area (Å²) in [4.78, 5) is 12.3. The molecular formula is C12H15BrN2OS. The van der Waals surface area contributed by atoms with Crippen LogP contribution in [-0.2, 0) is 0 Å². The molecule has 0 spiro atoms. The number of carbonyl (C=O) groups excluding carboxylic acids is 1. The Hall–Kier alpha value is -0.940. The summed E-state index contributed by atoms with van der Waals surface area (Å²) in [6.45, 7) is 4.31. The molecule has 17 heavy (non-hydrogen) atoms. The maximum absolute atomic E-state index is 11.9. The molecule has 1 rings (SSSR count). The highest BCUT2D eigenvalue weighted by Gasteiger charge is 2.12. The minimum Gasteiger partial charge on any atom is -0.393 e. The number of benzene rings is 1. The molecule has 0 saturated heterocycles. The van der Waals surface area contributed by atoms with Crippen molar-refractivity contribution in [2.24, 2.45) is 11.7 Å². The molecule has 3 nitrogen and oxygen atoms in total. The lowest BCUT2D eigenvalue weighted by molar-refractivity contribution is 0.0950. The monoisotopic (exact) mass is 314 g/mol. The van der Waals surface area contributed by atoms with Crippen molar-refractivity contribution in [3.63, 3.8) is 0 Å².